The van der Waals surface area contributed by atoms with E-state index in [-0.39, 0.29) is 11.3 Å². The standard InChI is InChI=1S/C15H21BrN2O2/c1-15(14(19)17-2)6-7-18(10-15)9-11-8-12(16)4-5-13(11)20-3/h4-5,8H,6-7,9-10H2,1-3H3,(H,17,19). The quantitative estimate of drug-likeness (QED) is 0.915. The summed E-state index contributed by atoms with van der Waals surface area (Å²) >= 11 is 3.49. The Bertz CT molecular complexity index is 507. The summed E-state index contributed by atoms with van der Waals surface area (Å²) in [5.74, 6) is 1.02. The second-order valence-electron chi connectivity index (χ2n) is 5.56. The summed E-state index contributed by atoms with van der Waals surface area (Å²) in [5, 5.41) is 2.77. The van der Waals surface area contributed by atoms with Crippen molar-refractivity contribution in [2.24, 2.45) is 5.41 Å². The van der Waals surface area contributed by atoms with E-state index in [0.717, 1.165) is 41.8 Å². The Hall–Kier alpha value is -1.07. The van der Waals surface area contributed by atoms with E-state index in [1.807, 2.05) is 19.1 Å². The molecule has 0 bridgehead atoms. The molecular formula is C15H21BrN2O2. The molecule has 0 radical (unpaired) electrons. The topological polar surface area (TPSA) is 41.6 Å². The molecule has 1 heterocycles. The van der Waals surface area contributed by atoms with Crippen LogP contribution in [0.2, 0.25) is 0 Å². The molecule has 1 saturated heterocycles. The van der Waals surface area contributed by atoms with E-state index >= 15 is 0 Å². The molecule has 20 heavy (non-hydrogen) atoms. The largest absolute Gasteiger partial charge is 0.496 e. The molecule has 0 saturated carbocycles. The summed E-state index contributed by atoms with van der Waals surface area (Å²) in [7, 11) is 3.39. The molecule has 5 heteroatoms. The summed E-state index contributed by atoms with van der Waals surface area (Å²) in [6, 6.07) is 6.02. The van der Waals surface area contributed by atoms with E-state index in [2.05, 4.69) is 32.2 Å². The Morgan fingerprint density at radius 3 is 2.95 bits per heavy atom. The molecule has 1 aromatic carbocycles. The predicted octanol–water partition coefficient (Wildman–Crippen LogP) is 2.42. The minimum atomic E-state index is -0.284. The first kappa shape index (κ1) is 15.3. The second-order valence-corrected chi connectivity index (χ2v) is 6.47. The monoisotopic (exact) mass is 340 g/mol. The molecule has 1 aromatic rings. The van der Waals surface area contributed by atoms with Crippen LogP contribution >= 0.6 is 15.9 Å². The SMILES string of the molecule is CNC(=O)C1(C)CCN(Cc2cc(Br)ccc2OC)C1. The Morgan fingerprint density at radius 1 is 1.55 bits per heavy atom. The van der Waals surface area contributed by atoms with Gasteiger partial charge in [-0.3, -0.25) is 9.69 Å². The van der Waals surface area contributed by atoms with Crippen molar-refractivity contribution in [3.05, 3.63) is 28.2 Å². The van der Waals surface area contributed by atoms with Crippen LogP contribution < -0.4 is 10.1 Å². The summed E-state index contributed by atoms with van der Waals surface area (Å²) in [6.07, 6.45) is 0.892. The number of hydrogen-bond acceptors (Lipinski definition) is 3. The molecule has 0 aromatic heterocycles. The number of likely N-dealkylation sites (tertiary alicyclic amines) is 1. The van der Waals surface area contributed by atoms with Gasteiger partial charge in [0.2, 0.25) is 5.91 Å². The number of nitrogens with zero attached hydrogens (tertiary/aromatic N) is 1. The van der Waals surface area contributed by atoms with Gasteiger partial charge in [0.1, 0.15) is 5.75 Å². The summed E-state index contributed by atoms with van der Waals surface area (Å²) in [6.45, 7) is 4.54. The highest BCUT2D eigenvalue weighted by atomic mass is 79.9. The van der Waals surface area contributed by atoms with Gasteiger partial charge in [-0.25, -0.2) is 0 Å². The maximum absolute atomic E-state index is 11.9. The molecule has 1 fully saturated rings. The lowest BCUT2D eigenvalue weighted by Crippen LogP contribution is -2.39. The van der Waals surface area contributed by atoms with Crippen LogP contribution in [0.5, 0.6) is 5.75 Å². The number of ether oxygens (including phenoxy) is 1. The number of benzene rings is 1. The first-order valence-electron chi connectivity index (χ1n) is 6.75. The number of carbonyl (C=O) groups is 1. The maximum Gasteiger partial charge on any atom is 0.227 e. The summed E-state index contributed by atoms with van der Waals surface area (Å²) < 4.78 is 6.45. The number of methoxy groups -OCH3 is 1. The zero-order valence-corrected chi connectivity index (χ0v) is 13.8. The number of rotatable bonds is 4. The fourth-order valence-corrected chi connectivity index (χ4v) is 3.20. The van der Waals surface area contributed by atoms with Gasteiger partial charge in [-0.05, 0) is 38.1 Å². The Kier molecular flexibility index (Phi) is 4.70. The molecule has 1 N–H and O–H groups in total. The minimum Gasteiger partial charge on any atom is -0.496 e. The molecule has 1 atom stereocenters. The maximum atomic E-state index is 11.9. The Morgan fingerprint density at radius 2 is 2.30 bits per heavy atom. The Balaban J connectivity index is 2.09. The molecule has 1 aliphatic heterocycles. The number of halogens is 1. The van der Waals surface area contributed by atoms with Crippen molar-refractivity contribution in [3.63, 3.8) is 0 Å². The van der Waals surface area contributed by atoms with Crippen molar-refractivity contribution in [1.29, 1.82) is 0 Å². The lowest BCUT2D eigenvalue weighted by atomic mass is 9.89. The van der Waals surface area contributed by atoms with Gasteiger partial charge in [0.15, 0.2) is 0 Å². The van der Waals surface area contributed by atoms with Crippen LogP contribution in [-0.4, -0.2) is 38.1 Å². The van der Waals surface area contributed by atoms with Gasteiger partial charge < -0.3 is 10.1 Å². The fourth-order valence-electron chi connectivity index (χ4n) is 2.79. The molecule has 1 unspecified atom stereocenters. The zero-order chi connectivity index (χ0) is 14.8. The van der Waals surface area contributed by atoms with E-state index in [0.29, 0.717) is 0 Å². The third-order valence-corrected chi connectivity index (χ3v) is 4.46. The van der Waals surface area contributed by atoms with Crippen LogP contribution in [0.4, 0.5) is 0 Å². The number of amides is 1. The highest BCUT2D eigenvalue weighted by Crippen LogP contribution is 2.32. The first-order valence-corrected chi connectivity index (χ1v) is 7.55. The van der Waals surface area contributed by atoms with Gasteiger partial charge in [0.25, 0.3) is 0 Å². The van der Waals surface area contributed by atoms with Crippen LogP contribution in [0.3, 0.4) is 0 Å². The summed E-state index contributed by atoms with van der Waals surface area (Å²) in [5.41, 5.74) is 0.858. The van der Waals surface area contributed by atoms with Crippen molar-refractivity contribution in [2.75, 3.05) is 27.2 Å². The van der Waals surface area contributed by atoms with Crippen molar-refractivity contribution < 1.29 is 9.53 Å². The molecule has 1 aliphatic rings. The van der Waals surface area contributed by atoms with Crippen LogP contribution in [0.15, 0.2) is 22.7 Å². The van der Waals surface area contributed by atoms with Crippen LogP contribution in [-0.2, 0) is 11.3 Å². The van der Waals surface area contributed by atoms with E-state index in [1.54, 1.807) is 14.2 Å². The molecule has 0 aliphatic carbocycles. The van der Waals surface area contributed by atoms with Crippen molar-refractivity contribution in [3.8, 4) is 5.75 Å². The second kappa shape index (κ2) is 6.14. The molecule has 1 amide bonds. The molecule has 4 nitrogen and oxygen atoms in total. The Labute approximate surface area is 128 Å². The normalized spacial score (nSPS) is 22.8. The highest BCUT2D eigenvalue weighted by molar-refractivity contribution is 9.10. The van der Waals surface area contributed by atoms with Crippen molar-refractivity contribution >= 4 is 21.8 Å². The van der Waals surface area contributed by atoms with E-state index in [4.69, 9.17) is 4.74 Å². The van der Waals surface area contributed by atoms with Gasteiger partial charge >= 0.3 is 0 Å². The van der Waals surface area contributed by atoms with Gasteiger partial charge in [0, 0.05) is 30.2 Å². The number of hydrogen-bond donors (Lipinski definition) is 1. The van der Waals surface area contributed by atoms with E-state index in [1.165, 1.54) is 0 Å². The van der Waals surface area contributed by atoms with Crippen LogP contribution in [0, 0.1) is 5.41 Å². The number of carbonyl (C=O) groups excluding carboxylic acids is 1. The smallest absolute Gasteiger partial charge is 0.227 e. The zero-order valence-electron chi connectivity index (χ0n) is 12.2. The fraction of sp³-hybridized carbons (Fsp3) is 0.533. The van der Waals surface area contributed by atoms with Crippen LogP contribution in [0.1, 0.15) is 18.9 Å². The summed E-state index contributed by atoms with van der Waals surface area (Å²) in [4.78, 5) is 14.2. The minimum absolute atomic E-state index is 0.126. The molecule has 2 rings (SSSR count). The van der Waals surface area contributed by atoms with Crippen molar-refractivity contribution in [1.82, 2.24) is 10.2 Å². The van der Waals surface area contributed by atoms with E-state index in [9.17, 15) is 4.79 Å². The highest BCUT2D eigenvalue weighted by Gasteiger charge is 2.39. The average Bonchev–Trinajstić information content (AvgIpc) is 2.81. The van der Waals surface area contributed by atoms with Gasteiger partial charge in [-0.15, -0.1) is 0 Å². The molecular weight excluding hydrogens is 320 g/mol. The average molecular weight is 341 g/mol. The number of nitrogens with one attached hydrogen (secondary N) is 1. The van der Waals surface area contributed by atoms with Crippen molar-refractivity contribution in [2.45, 2.75) is 19.9 Å². The first-order chi connectivity index (χ1) is 9.48. The lowest BCUT2D eigenvalue weighted by Gasteiger charge is -2.23. The third kappa shape index (κ3) is 3.15. The van der Waals surface area contributed by atoms with Gasteiger partial charge in [-0.1, -0.05) is 15.9 Å². The molecule has 0 spiro atoms. The van der Waals surface area contributed by atoms with Gasteiger partial charge in [-0.2, -0.15) is 0 Å². The molecule has 110 valence electrons. The predicted molar refractivity (Wildman–Crippen MR) is 82.8 cm³/mol. The van der Waals surface area contributed by atoms with Crippen LogP contribution in [0.25, 0.3) is 0 Å². The lowest BCUT2D eigenvalue weighted by molar-refractivity contribution is -0.129. The van der Waals surface area contributed by atoms with Gasteiger partial charge in [0.05, 0.1) is 12.5 Å². The van der Waals surface area contributed by atoms with E-state index < -0.39 is 0 Å². The third-order valence-electron chi connectivity index (χ3n) is 3.96.